The molecule has 0 aliphatic carbocycles. The molecular weight excluding hydrogens is 403 g/mol. The summed E-state index contributed by atoms with van der Waals surface area (Å²) in [5.74, 6) is 0. The van der Waals surface area contributed by atoms with Crippen molar-refractivity contribution in [2.24, 2.45) is 4.99 Å². The molecule has 0 spiro atoms. The molecule has 1 heterocycles. The van der Waals surface area contributed by atoms with Gasteiger partial charge in [0, 0.05) is 5.56 Å². The normalized spacial score (nSPS) is 11.8. The van der Waals surface area contributed by atoms with Gasteiger partial charge < -0.3 is 0 Å². The van der Waals surface area contributed by atoms with Gasteiger partial charge in [-0.05, 0) is 30.8 Å². The predicted octanol–water partition coefficient (Wildman–Crippen LogP) is 6.99. The monoisotopic (exact) mass is 412 g/mol. The van der Waals surface area contributed by atoms with Crippen LogP contribution in [0.3, 0.4) is 0 Å². The van der Waals surface area contributed by atoms with Crippen molar-refractivity contribution >= 4 is 73.2 Å². The van der Waals surface area contributed by atoms with Crippen molar-refractivity contribution in [1.82, 2.24) is 4.98 Å². The second-order valence-electron chi connectivity index (χ2n) is 4.88. The van der Waals surface area contributed by atoms with Crippen molar-refractivity contribution in [1.29, 1.82) is 0 Å². The fraction of sp³-hybridized carbons (Fsp3) is 0.0588. The minimum atomic E-state index is -0.0637. The van der Waals surface area contributed by atoms with Gasteiger partial charge in [-0.25, -0.2) is 9.98 Å². The van der Waals surface area contributed by atoms with Gasteiger partial charge in [-0.3, -0.25) is 0 Å². The summed E-state index contributed by atoms with van der Waals surface area (Å²) in [6, 6.07) is 16.0. The zero-order valence-electron chi connectivity index (χ0n) is 12.5. The minimum absolute atomic E-state index is 0.0579. The van der Waals surface area contributed by atoms with Gasteiger partial charge in [0.05, 0.1) is 10.2 Å². The molecule has 122 valence electrons. The maximum atomic E-state index is 6.03. The maximum Gasteiger partial charge on any atom is 0.160 e. The predicted molar refractivity (Wildman–Crippen MR) is 108 cm³/mol. The summed E-state index contributed by atoms with van der Waals surface area (Å²) in [5.41, 5.74) is 3.06. The largest absolute Gasteiger partial charge is 0.229 e. The van der Waals surface area contributed by atoms with Gasteiger partial charge in [-0.1, -0.05) is 76.8 Å². The zero-order chi connectivity index (χ0) is 17.1. The average Bonchev–Trinajstić information content (AvgIpc) is 2.97. The Hall–Kier alpha value is -1.04. The third kappa shape index (κ3) is 4.32. The van der Waals surface area contributed by atoms with Gasteiger partial charge in [0.25, 0.3) is 0 Å². The maximum absolute atomic E-state index is 6.03. The molecule has 3 aromatic rings. The number of aryl methyl sites for hydroxylation is 1. The number of hydrogen-bond acceptors (Lipinski definition) is 4. The summed E-state index contributed by atoms with van der Waals surface area (Å²) in [5, 5.41) is 0.750. The number of aromatic nitrogens is 1. The number of halogens is 3. The number of thiazole rings is 1. The van der Waals surface area contributed by atoms with Crippen LogP contribution in [-0.2, 0) is 0 Å². The molecule has 2 aromatic carbocycles. The SMILES string of the molecule is Cc1ccc(/C(=N\C(Cl)=C(Cl)Cl)Sc2nc3ccccc3s2)cc1. The first kappa shape index (κ1) is 17.8. The summed E-state index contributed by atoms with van der Waals surface area (Å²) < 4.78 is 1.94. The standard InChI is InChI=1S/C17H11Cl3N2S2/c1-10-6-8-11(9-7-10)16(22-15(20)14(18)19)24-17-21-12-4-2-3-5-13(12)23-17/h2-9H,1H3/b22-16+. The fourth-order valence-corrected chi connectivity index (χ4v) is 4.24. The summed E-state index contributed by atoms with van der Waals surface area (Å²) in [7, 11) is 0. The van der Waals surface area contributed by atoms with Crippen molar-refractivity contribution in [3.05, 3.63) is 69.3 Å². The number of rotatable bonds is 3. The number of thioether (sulfide) groups is 1. The first-order valence-electron chi connectivity index (χ1n) is 6.93. The van der Waals surface area contributed by atoms with Crippen LogP contribution < -0.4 is 0 Å². The van der Waals surface area contributed by atoms with Crippen LogP contribution in [0.25, 0.3) is 10.2 Å². The van der Waals surface area contributed by atoms with E-state index in [0.717, 1.165) is 20.1 Å². The average molecular weight is 414 g/mol. The van der Waals surface area contributed by atoms with Crippen molar-refractivity contribution in [2.45, 2.75) is 11.3 Å². The molecule has 0 fully saturated rings. The van der Waals surface area contributed by atoms with Crippen LogP contribution in [0, 0.1) is 6.92 Å². The fourth-order valence-electron chi connectivity index (χ4n) is 1.95. The van der Waals surface area contributed by atoms with Crippen molar-refractivity contribution in [3.63, 3.8) is 0 Å². The topological polar surface area (TPSA) is 25.2 Å². The number of para-hydroxylation sites is 1. The number of benzene rings is 2. The molecule has 0 saturated heterocycles. The lowest BCUT2D eigenvalue weighted by atomic mass is 10.2. The lowest BCUT2D eigenvalue weighted by Gasteiger charge is -2.05. The summed E-state index contributed by atoms with van der Waals surface area (Å²) in [6.45, 7) is 2.03. The third-order valence-corrected chi connectivity index (χ3v) is 6.05. The van der Waals surface area contributed by atoms with E-state index in [1.807, 2.05) is 55.5 Å². The van der Waals surface area contributed by atoms with Crippen LogP contribution in [-0.4, -0.2) is 10.0 Å². The van der Waals surface area contributed by atoms with Crippen LogP contribution in [0.5, 0.6) is 0 Å². The van der Waals surface area contributed by atoms with Gasteiger partial charge >= 0.3 is 0 Å². The van der Waals surface area contributed by atoms with Crippen LogP contribution in [0.1, 0.15) is 11.1 Å². The highest BCUT2D eigenvalue weighted by atomic mass is 35.5. The Kier molecular flexibility index (Phi) is 5.85. The number of fused-ring (bicyclic) bond motifs is 1. The van der Waals surface area contributed by atoms with E-state index >= 15 is 0 Å². The molecule has 0 bridgehead atoms. The van der Waals surface area contributed by atoms with Gasteiger partial charge in [0.2, 0.25) is 0 Å². The molecular formula is C17H11Cl3N2S2. The molecule has 0 aliphatic rings. The molecule has 0 saturated carbocycles. The van der Waals surface area contributed by atoms with Crippen LogP contribution in [0.4, 0.5) is 0 Å². The van der Waals surface area contributed by atoms with Gasteiger partial charge in [-0.2, -0.15) is 0 Å². The lowest BCUT2D eigenvalue weighted by Crippen LogP contribution is -1.96. The smallest absolute Gasteiger partial charge is 0.160 e. The Bertz CT molecular complexity index is 893. The van der Waals surface area contributed by atoms with Crippen LogP contribution in [0.2, 0.25) is 0 Å². The van der Waals surface area contributed by atoms with E-state index in [0.29, 0.717) is 5.04 Å². The summed E-state index contributed by atoms with van der Waals surface area (Å²) in [6.07, 6.45) is 0. The third-order valence-electron chi connectivity index (χ3n) is 3.11. The Morgan fingerprint density at radius 1 is 1.04 bits per heavy atom. The Labute approximate surface area is 163 Å². The van der Waals surface area contributed by atoms with Crippen LogP contribution >= 0.6 is 57.9 Å². The van der Waals surface area contributed by atoms with E-state index in [1.54, 1.807) is 11.3 Å². The Balaban J connectivity index is 2.01. The Morgan fingerprint density at radius 2 is 1.75 bits per heavy atom. The minimum Gasteiger partial charge on any atom is -0.229 e. The van der Waals surface area contributed by atoms with Crippen molar-refractivity contribution in [3.8, 4) is 0 Å². The molecule has 0 atom stereocenters. The highest BCUT2D eigenvalue weighted by Gasteiger charge is 2.12. The van der Waals surface area contributed by atoms with Crippen molar-refractivity contribution in [2.75, 3.05) is 0 Å². The highest BCUT2D eigenvalue weighted by Crippen LogP contribution is 2.33. The van der Waals surface area contributed by atoms with E-state index in [-0.39, 0.29) is 9.65 Å². The van der Waals surface area contributed by atoms with Crippen LogP contribution in [0.15, 0.2) is 67.5 Å². The van der Waals surface area contributed by atoms with Crippen molar-refractivity contribution < 1.29 is 0 Å². The Morgan fingerprint density at radius 3 is 2.42 bits per heavy atom. The lowest BCUT2D eigenvalue weighted by molar-refractivity contribution is 1.31. The van der Waals surface area contributed by atoms with Gasteiger partial charge in [0.15, 0.2) is 9.50 Å². The summed E-state index contributed by atoms with van der Waals surface area (Å²) in [4.78, 5) is 8.99. The first-order valence-corrected chi connectivity index (χ1v) is 9.69. The summed E-state index contributed by atoms with van der Waals surface area (Å²) >= 11 is 20.6. The molecule has 0 N–H and O–H groups in total. The number of aliphatic imine (C=N–C) groups is 1. The van der Waals surface area contributed by atoms with E-state index < -0.39 is 0 Å². The second-order valence-corrected chi connectivity index (χ2v) is 8.46. The van der Waals surface area contributed by atoms with E-state index in [1.165, 1.54) is 17.3 Å². The molecule has 0 unspecified atom stereocenters. The molecule has 0 radical (unpaired) electrons. The molecule has 3 rings (SSSR count). The molecule has 1 aromatic heterocycles. The highest BCUT2D eigenvalue weighted by molar-refractivity contribution is 8.15. The second kappa shape index (κ2) is 7.89. The number of nitrogens with zero attached hydrogens (tertiary/aromatic N) is 2. The van der Waals surface area contributed by atoms with E-state index in [9.17, 15) is 0 Å². The number of hydrogen-bond donors (Lipinski definition) is 0. The molecule has 0 aliphatic heterocycles. The van der Waals surface area contributed by atoms with Gasteiger partial charge in [0.1, 0.15) is 9.54 Å². The molecule has 0 amide bonds. The molecule has 2 nitrogen and oxygen atoms in total. The van der Waals surface area contributed by atoms with Gasteiger partial charge in [-0.15, -0.1) is 11.3 Å². The molecule has 7 heteroatoms. The first-order chi connectivity index (χ1) is 11.5. The van der Waals surface area contributed by atoms with E-state index in [2.05, 4.69) is 9.98 Å². The zero-order valence-corrected chi connectivity index (χ0v) is 16.4. The molecule has 24 heavy (non-hydrogen) atoms. The quantitative estimate of drug-likeness (QED) is 0.200. The van der Waals surface area contributed by atoms with E-state index in [4.69, 9.17) is 34.8 Å².